The van der Waals surface area contributed by atoms with Crippen molar-refractivity contribution in [3.63, 3.8) is 0 Å². The normalized spacial score (nSPS) is 14.5. The van der Waals surface area contributed by atoms with Gasteiger partial charge in [-0.05, 0) is 50.2 Å². The molecule has 17 heavy (non-hydrogen) atoms. The third kappa shape index (κ3) is 2.99. The molecule has 0 atom stereocenters. The Balaban J connectivity index is 1.98. The highest BCUT2D eigenvalue weighted by atomic mass is 15.1. The summed E-state index contributed by atoms with van der Waals surface area (Å²) in [6.07, 6.45) is 2.26. The van der Waals surface area contributed by atoms with Crippen LogP contribution >= 0.6 is 0 Å². The van der Waals surface area contributed by atoms with E-state index in [-0.39, 0.29) is 0 Å². The molecule has 0 saturated heterocycles. The molecule has 0 saturated carbocycles. The van der Waals surface area contributed by atoms with Crippen molar-refractivity contribution in [2.75, 3.05) is 38.6 Å². The topological polar surface area (TPSA) is 32.5 Å². The summed E-state index contributed by atoms with van der Waals surface area (Å²) in [5.41, 5.74) is 9.84. The third-order valence-electron chi connectivity index (χ3n) is 3.47. The fraction of sp³-hybridized carbons (Fsp3) is 0.571. The maximum absolute atomic E-state index is 5.53. The molecule has 2 N–H and O–H groups in total. The van der Waals surface area contributed by atoms with Gasteiger partial charge in [-0.25, -0.2) is 0 Å². The first-order valence-corrected chi connectivity index (χ1v) is 6.42. The van der Waals surface area contributed by atoms with E-state index in [9.17, 15) is 0 Å². The van der Waals surface area contributed by atoms with E-state index in [1.165, 1.54) is 23.2 Å². The molecule has 1 aliphatic heterocycles. The summed E-state index contributed by atoms with van der Waals surface area (Å²) >= 11 is 0. The zero-order chi connectivity index (χ0) is 12.3. The maximum Gasteiger partial charge on any atom is 0.0397 e. The van der Waals surface area contributed by atoms with E-state index in [0.29, 0.717) is 0 Å². The molecular formula is C14H23N3. The van der Waals surface area contributed by atoms with Gasteiger partial charge in [0.05, 0.1) is 0 Å². The van der Waals surface area contributed by atoms with E-state index in [0.717, 1.165) is 32.6 Å². The molecule has 3 nitrogen and oxygen atoms in total. The summed E-state index contributed by atoms with van der Waals surface area (Å²) in [5, 5.41) is 0. The van der Waals surface area contributed by atoms with Crippen molar-refractivity contribution in [3.05, 3.63) is 29.3 Å². The molecular weight excluding hydrogens is 210 g/mol. The van der Waals surface area contributed by atoms with Gasteiger partial charge < -0.3 is 15.5 Å². The highest BCUT2D eigenvalue weighted by molar-refractivity contribution is 5.58. The van der Waals surface area contributed by atoms with Gasteiger partial charge in [0.15, 0.2) is 0 Å². The number of hydrogen-bond donors (Lipinski definition) is 1. The van der Waals surface area contributed by atoms with Gasteiger partial charge in [-0.3, -0.25) is 0 Å². The molecule has 1 heterocycles. The molecule has 0 spiro atoms. The lowest BCUT2D eigenvalue weighted by Crippen LogP contribution is -2.21. The zero-order valence-electron chi connectivity index (χ0n) is 10.9. The molecule has 0 fully saturated rings. The van der Waals surface area contributed by atoms with Crippen molar-refractivity contribution in [2.45, 2.75) is 19.4 Å². The fourth-order valence-corrected chi connectivity index (χ4v) is 2.47. The standard InChI is InChI=1S/C14H23N3/c1-16(8-3-7-15)11-12-4-5-14-13(10-12)6-9-17(14)2/h4-5,10H,3,6-9,11,15H2,1-2H3. The molecule has 0 unspecified atom stereocenters. The monoisotopic (exact) mass is 233 g/mol. The Labute approximate surface area is 104 Å². The minimum Gasteiger partial charge on any atom is -0.374 e. The van der Waals surface area contributed by atoms with Gasteiger partial charge in [0, 0.05) is 25.8 Å². The fourth-order valence-electron chi connectivity index (χ4n) is 2.47. The third-order valence-corrected chi connectivity index (χ3v) is 3.47. The number of likely N-dealkylation sites (N-methyl/N-ethyl adjacent to an activating group) is 1. The molecule has 3 heteroatoms. The van der Waals surface area contributed by atoms with Crippen LogP contribution in [0.25, 0.3) is 0 Å². The Morgan fingerprint density at radius 2 is 2.24 bits per heavy atom. The van der Waals surface area contributed by atoms with Crippen LogP contribution in [0.3, 0.4) is 0 Å². The first-order valence-electron chi connectivity index (χ1n) is 6.42. The van der Waals surface area contributed by atoms with E-state index in [2.05, 4.69) is 42.1 Å². The second-order valence-electron chi connectivity index (χ2n) is 5.01. The average Bonchev–Trinajstić information content (AvgIpc) is 2.68. The minimum atomic E-state index is 0.777. The quantitative estimate of drug-likeness (QED) is 0.835. The number of rotatable bonds is 5. The molecule has 0 bridgehead atoms. The van der Waals surface area contributed by atoms with Gasteiger partial charge in [-0.2, -0.15) is 0 Å². The van der Waals surface area contributed by atoms with Gasteiger partial charge in [0.1, 0.15) is 0 Å². The highest BCUT2D eigenvalue weighted by Gasteiger charge is 2.15. The van der Waals surface area contributed by atoms with Crippen LogP contribution in [-0.4, -0.2) is 38.6 Å². The Morgan fingerprint density at radius 1 is 1.41 bits per heavy atom. The smallest absolute Gasteiger partial charge is 0.0397 e. The first kappa shape index (κ1) is 12.4. The first-order chi connectivity index (χ1) is 8.20. The molecule has 1 aliphatic rings. The second kappa shape index (κ2) is 5.52. The number of anilines is 1. The summed E-state index contributed by atoms with van der Waals surface area (Å²) in [4.78, 5) is 4.67. The molecule has 0 aromatic heterocycles. The predicted octanol–water partition coefficient (Wildman–Crippen LogP) is 1.46. The lowest BCUT2D eigenvalue weighted by molar-refractivity contribution is 0.324. The lowest BCUT2D eigenvalue weighted by Gasteiger charge is -2.17. The van der Waals surface area contributed by atoms with Gasteiger partial charge in [-0.1, -0.05) is 12.1 Å². The summed E-state index contributed by atoms with van der Waals surface area (Å²) in [6, 6.07) is 6.87. The van der Waals surface area contributed by atoms with Gasteiger partial charge >= 0.3 is 0 Å². The second-order valence-corrected chi connectivity index (χ2v) is 5.01. The van der Waals surface area contributed by atoms with Crippen molar-refractivity contribution in [1.82, 2.24) is 4.90 Å². The van der Waals surface area contributed by atoms with Crippen LogP contribution in [0.5, 0.6) is 0 Å². The molecule has 2 rings (SSSR count). The zero-order valence-corrected chi connectivity index (χ0v) is 10.9. The molecule has 0 radical (unpaired) electrons. The van der Waals surface area contributed by atoms with Gasteiger partial charge in [0.2, 0.25) is 0 Å². The van der Waals surface area contributed by atoms with E-state index in [1.807, 2.05) is 0 Å². The highest BCUT2D eigenvalue weighted by Crippen LogP contribution is 2.27. The number of nitrogens with two attached hydrogens (primary N) is 1. The van der Waals surface area contributed by atoms with Crippen LogP contribution in [-0.2, 0) is 13.0 Å². The molecule has 0 amide bonds. The van der Waals surface area contributed by atoms with E-state index in [1.54, 1.807) is 0 Å². The van der Waals surface area contributed by atoms with Crippen molar-refractivity contribution in [1.29, 1.82) is 0 Å². The Hall–Kier alpha value is -1.06. The summed E-state index contributed by atoms with van der Waals surface area (Å²) in [7, 11) is 4.33. The Kier molecular flexibility index (Phi) is 4.02. The van der Waals surface area contributed by atoms with Crippen molar-refractivity contribution < 1.29 is 0 Å². The SMILES string of the molecule is CN(CCCN)Cc1ccc2c(c1)CCN2C. The minimum absolute atomic E-state index is 0.777. The summed E-state index contributed by atoms with van der Waals surface area (Å²) in [6.45, 7) is 4.03. The average molecular weight is 233 g/mol. The van der Waals surface area contributed by atoms with E-state index >= 15 is 0 Å². The Bertz CT molecular complexity index is 376. The van der Waals surface area contributed by atoms with Crippen molar-refractivity contribution in [3.8, 4) is 0 Å². The molecule has 1 aromatic carbocycles. The van der Waals surface area contributed by atoms with Crippen molar-refractivity contribution in [2.24, 2.45) is 5.73 Å². The van der Waals surface area contributed by atoms with E-state index in [4.69, 9.17) is 5.73 Å². The maximum atomic E-state index is 5.53. The predicted molar refractivity (Wildman–Crippen MR) is 73.4 cm³/mol. The van der Waals surface area contributed by atoms with Crippen LogP contribution in [0.1, 0.15) is 17.5 Å². The van der Waals surface area contributed by atoms with Crippen LogP contribution in [0.15, 0.2) is 18.2 Å². The van der Waals surface area contributed by atoms with Crippen LogP contribution < -0.4 is 10.6 Å². The largest absolute Gasteiger partial charge is 0.374 e. The van der Waals surface area contributed by atoms with Crippen LogP contribution in [0.4, 0.5) is 5.69 Å². The number of benzene rings is 1. The molecule has 1 aromatic rings. The Morgan fingerprint density at radius 3 is 3.00 bits per heavy atom. The van der Waals surface area contributed by atoms with Crippen LogP contribution in [0.2, 0.25) is 0 Å². The summed E-state index contributed by atoms with van der Waals surface area (Å²) < 4.78 is 0. The van der Waals surface area contributed by atoms with Gasteiger partial charge in [-0.15, -0.1) is 0 Å². The van der Waals surface area contributed by atoms with Gasteiger partial charge in [0.25, 0.3) is 0 Å². The summed E-state index contributed by atoms with van der Waals surface area (Å²) in [5.74, 6) is 0. The number of nitrogens with zero attached hydrogens (tertiary/aromatic N) is 2. The number of hydrogen-bond acceptors (Lipinski definition) is 3. The lowest BCUT2D eigenvalue weighted by atomic mass is 10.1. The van der Waals surface area contributed by atoms with E-state index < -0.39 is 0 Å². The number of fused-ring (bicyclic) bond motifs is 1. The molecule has 94 valence electrons. The van der Waals surface area contributed by atoms with Crippen LogP contribution in [0, 0.1) is 0 Å². The van der Waals surface area contributed by atoms with Crippen molar-refractivity contribution >= 4 is 5.69 Å². The molecule has 0 aliphatic carbocycles.